The summed E-state index contributed by atoms with van der Waals surface area (Å²) in [5.74, 6) is 0. The minimum absolute atomic E-state index is 0.0161. The fourth-order valence-electron chi connectivity index (χ4n) is 3.17. The smallest absolute Gasteiger partial charge is 0.269 e. The van der Waals surface area contributed by atoms with Crippen LogP contribution in [0.25, 0.3) is 0 Å². The Morgan fingerprint density at radius 3 is 1.90 bits per heavy atom. The van der Waals surface area contributed by atoms with E-state index in [4.69, 9.17) is 18.9 Å². The first-order valence-electron chi connectivity index (χ1n) is 9.37. The van der Waals surface area contributed by atoms with Crippen molar-refractivity contribution in [3.63, 3.8) is 0 Å². The average molecular weight is 436 g/mol. The minimum Gasteiger partial charge on any atom is -0.374 e. The van der Waals surface area contributed by atoms with Gasteiger partial charge in [-0.3, -0.25) is 20.2 Å². The van der Waals surface area contributed by atoms with Gasteiger partial charge in [0.05, 0.1) is 29.7 Å². The lowest BCUT2D eigenvalue weighted by Gasteiger charge is -2.22. The van der Waals surface area contributed by atoms with E-state index in [0.29, 0.717) is 11.1 Å². The fourth-order valence-corrected chi connectivity index (χ4v) is 3.17. The molecule has 1 heterocycles. The molecule has 0 aromatic heterocycles. The first kappa shape index (κ1) is 22.7. The van der Waals surface area contributed by atoms with E-state index in [9.17, 15) is 24.6 Å². The van der Waals surface area contributed by atoms with Crippen molar-refractivity contribution in [2.75, 3.05) is 13.7 Å². The summed E-state index contributed by atoms with van der Waals surface area (Å²) in [7, 11) is 1.35. The molecule has 3 rings (SSSR count). The number of non-ortho nitro benzene ring substituents is 2. The van der Waals surface area contributed by atoms with Gasteiger partial charge in [0.15, 0.2) is 0 Å². The van der Waals surface area contributed by atoms with Gasteiger partial charge < -0.3 is 18.9 Å². The number of alkyl halides is 1. The number of halogens is 1. The first-order valence-corrected chi connectivity index (χ1v) is 9.37. The third-order valence-corrected chi connectivity index (χ3v) is 4.81. The third-order valence-electron chi connectivity index (χ3n) is 4.81. The zero-order valence-electron chi connectivity index (χ0n) is 16.6. The van der Waals surface area contributed by atoms with E-state index in [-0.39, 0.29) is 31.2 Å². The predicted molar refractivity (Wildman–Crippen MR) is 105 cm³/mol. The lowest BCUT2D eigenvalue weighted by atomic mass is 10.1. The molecule has 1 saturated heterocycles. The normalized spacial score (nSPS) is 23.0. The molecular formula is C20H21FN2O8. The largest absolute Gasteiger partial charge is 0.374 e. The summed E-state index contributed by atoms with van der Waals surface area (Å²) < 4.78 is 36.1. The summed E-state index contributed by atoms with van der Waals surface area (Å²) >= 11 is 0. The standard InChI is InChI=1S/C20H21FN2O8/c1-28-19-18(30-11-14-4-8-16(9-5-14)23(26)27)17(31-20(19)21)12-29-10-13-2-6-15(7-3-13)22(24)25/h2-9,17-20H,10-12H2,1H3/t17-,18-,19-,20-/m1/s1. The van der Waals surface area contributed by atoms with Crippen molar-refractivity contribution >= 4 is 11.4 Å². The van der Waals surface area contributed by atoms with Gasteiger partial charge in [-0.25, -0.2) is 4.39 Å². The van der Waals surface area contributed by atoms with Gasteiger partial charge >= 0.3 is 0 Å². The Labute approximate surface area is 176 Å². The number of rotatable bonds is 10. The number of ether oxygens (including phenoxy) is 4. The van der Waals surface area contributed by atoms with Gasteiger partial charge in [-0.15, -0.1) is 0 Å². The van der Waals surface area contributed by atoms with Crippen LogP contribution in [-0.4, -0.2) is 48.2 Å². The minimum atomic E-state index is -1.69. The fraction of sp³-hybridized carbons (Fsp3) is 0.400. The van der Waals surface area contributed by atoms with Crippen LogP contribution in [-0.2, 0) is 32.2 Å². The molecule has 11 heteroatoms. The van der Waals surface area contributed by atoms with Gasteiger partial charge in [-0.1, -0.05) is 0 Å². The highest BCUT2D eigenvalue weighted by Gasteiger charge is 2.46. The molecule has 0 amide bonds. The highest BCUT2D eigenvalue weighted by Crippen LogP contribution is 2.28. The summed E-state index contributed by atoms with van der Waals surface area (Å²) in [6, 6.07) is 11.7. The molecule has 0 aliphatic carbocycles. The van der Waals surface area contributed by atoms with Gasteiger partial charge in [-0.05, 0) is 35.4 Å². The molecule has 0 saturated carbocycles. The molecule has 2 aromatic rings. The van der Waals surface area contributed by atoms with Crippen molar-refractivity contribution in [2.24, 2.45) is 0 Å². The molecule has 0 bridgehead atoms. The lowest BCUT2D eigenvalue weighted by molar-refractivity contribution is -0.385. The number of methoxy groups -OCH3 is 1. The quantitative estimate of drug-likeness (QED) is 0.410. The molecule has 1 aliphatic rings. The number of nitro groups is 2. The summed E-state index contributed by atoms with van der Waals surface area (Å²) in [6.07, 6.45) is -4.14. The van der Waals surface area contributed by atoms with Crippen molar-refractivity contribution < 1.29 is 33.2 Å². The Kier molecular flexibility index (Phi) is 7.58. The number of hydrogen-bond donors (Lipinski definition) is 0. The second-order valence-electron chi connectivity index (χ2n) is 6.86. The molecular weight excluding hydrogens is 415 g/mol. The number of nitrogens with zero attached hydrogens (tertiary/aromatic N) is 2. The first-order chi connectivity index (χ1) is 14.9. The molecule has 0 radical (unpaired) electrons. The number of hydrogen-bond acceptors (Lipinski definition) is 8. The Bertz CT molecular complexity index is 893. The van der Waals surface area contributed by atoms with E-state index in [1.165, 1.54) is 31.4 Å². The van der Waals surface area contributed by atoms with Gasteiger partial charge in [0, 0.05) is 31.4 Å². The maximum atomic E-state index is 14.2. The molecule has 1 fully saturated rings. The number of benzene rings is 2. The second-order valence-corrected chi connectivity index (χ2v) is 6.86. The van der Waals surface area contributed by atoms with E-state index in [1.807, 2.05) is 0 Å². The molecule has 0 spiro atoms. The van der Waals surface area contributed by atoms with Crippen LogP contribution in [0.5, 0.6) is 0 Å². The van der Waals surface area contributed by atoms with Crippen molar-refractivity contribution in [1.29, 1.82) is 0 Å². The lowest BCUT2D eigenvalue weighted by Crippen LogP contribution is -2.37. The zero-order valence-corrected chi connectivity index (χ0v) is 16.6. The Hall–Kier alpha value is -2.99. The van der Waals surface area contributed by atoms with Crippen LogP contribution in [0.15, 0.2) is 48.5 Å². The summed E-state index contributed by atoms with van der Waals surface area (Å²) in [5.41, 5.74) is 1.33. The van der Waals surface area contributed by atoms with Gasteiger partial charge in [0.25, 0.3) is 11.4 Å². The Morgan fingerprint density at radius 2 is 1.42 bits per heavy atom. The Morgan fingerprint density at radius 1 is 0.903 bits per heavy atom. The van der Waals surface area contributed by atoms with Crippen molar-refractivity contribution in [2.45, 2.75) is 37.9 Å². The number of nitro benzene ring substituents is 2. The van der Waals surface area contributed by atoms with Crippen LogP contribution in [0.1, 0.15) is 11.1 Å². The third kappa shape index (κ3) is 5.79. The Balaban J connectivity index is 1.56. The summed E-state index contributed by atoms with van der Waals surface area (Å²) in [6.45, 7) is 0.251. The molecule has 166 valence electrons. The topological polar surface area (TPSA) is 123 Å². The van der Waals surface area contributed by atoms with Crippen LogP contribution in [0.4, 0.5) is 15.8 Å². The summed E-state index contributed by atoms with van der Waals surface area (Å²) in [4.78, 5) is 20.5. The van der Waals surface area contributed by atoms with E-state index >= 15 is 0 Å². The molecule has 2 aromatic carbocycles. The van der Waals surface area contributed by atoms with Gasteiger partial charge in [0.2, 0.25) is 6.36 Å². The van der Waals surface area contributed by atoms with E-state index in [2.05, 4.69) is 0 Å². The average Bonchev–Trinajstić information content (AvgIpc) is 3.07. The van der Waals surface area contributed by atoms with Gasteiger partial charge in [0.1, 0.15) is 18.3 Å². The zero-order chi connectivity index (χ0) is 22.4. The van der Waals surface area contributed by atoms with E-state index < -0.39 is 34.5 Å². The van der Waals surface area contributed by atoms with Crippen LogP contribution >= 0.6 is 0 Å². The van der Waals surface area contributed by atoms with Crippen LogP contribution < -0.4 is 0 Å². The van der Waals surface area contributed by atoms with Crippen molar-refractivity contribution in [3.8, 4) is 0 Å². The monoisotopic (exact) mass is 436 g/mol. The molecule has 10 nitrogen and oxygen atoms in total. The second kappa shape index (κ2) is 10.4. The SMILES string of the molecule is CO[C@@H]1[C@H](OCc2ccc([N+](=O)[O-])cc2)[C@@H](COCc2ccc([N+](=O)[O-])cc2)O[C@H]1F. The highest BCUT2D eigenvalue weighted by atomic mass is 19.1. The molecule has 4 atom stereocenters. The highest BCUT2D eigenvalue weighted by molar-refractivity contribution is 5.33. The predicted octanol–water partition coefficient (Wildman–Crippen LogP) is 3.31. The molecule has 1 aliphatic heterocycles. The maximum Gasteiger partial charge on any atom is 0.269 e. The van der Waals surface area contributed by atoms with Crippen molar-refractivity contribution in [3.05, 3.63) is 79.9 Å². The molecule has 0 N–H and O–H groups in total. The van der Waals surface area contributed by atoms with Crippen LogP contribution in [0.3, 0.4) is 0 Å². The molecule has 0 unspecified atom stereocenters. The molecule has 31 heavy (non-hydrogen) atoms. The van der Waals surface area contributed by atoms with E-state index in [0.717, 1.165) is 0 Å². The summed E-state index contributed by atoms with van der Waals surface area (Å²) in [5, 5.41) is 21.4. The van der Waals surface area contributed by atoms with Crippen LogP contribution in [0.2, 0.25) is 0 Å². The van der Waals surface area contributed by atoms with Gasteiger partial charge in [-0.2, -0.15) is 0 Å². The van der Waals surface area contributed by atoms with Crippen LogP contribution in [0, 0.1) is 20.2 Å². The van der Waals surface area contributed by atoms with E-state index in [1.54, 1.807) is 24.3 Å². The van der Waals surface area contributed by atoms with Crippen molar-refractivity contribution in [1.82, 2.24) is 0 Å². The maximum absolute atomic E-state index is 14.2.